The average Bonchev–Trinajstić information content (AvgIpc) is 2.17. The van der Waals surface area contributed by atoms with E-state index in [1.54, 1.807) is 0 Å². The maximum absolute atomic E-state index is 11.3. The molecule has 2 heteroatoms. The Hall–Kier alpha value is -0.790. The van der Waals surface area contributed by atoms with Gasteiger partial charge >= 0.3 is 5.97 Å². The molecule has 1 saturated carbocycles. The Kier molecular flexibility index (Phi) is 3.95. The Balaban J connectivity index is 2.47. The molecule has 0 aromatic rings. The molecule has 0 aromatic carbocycles. The zero-order valence-electron chi connectivity index (χ0n) is 10.1. The van der Waals surface area contributed by atoms with Gasteiger partial charge < -0.3 is 4.74 Å². The van der Waals surface area contributed by atoms with Gasteiger partial charge in [0.15, 0.2) is 0 Å². The van der Waals surface area contributed by atoms with Crippen LogP contribution in [0.25, 0.3) is 0 Å². The Morgan fingerprint density at radius 3 is 2.40 bits per heavy atom. The largest absolute Gasteiger partial charge is 0.459 e. The van der Waals surface area contributed by atoms with Gasteiger partial charge in [-0.3, -0.25) is 4.79 Å². The van der Waals surface area contributed by atoms with E-state index >= 15 is 0 Å². The molecule has 1 fully saturated rings. The summed E-state index contributed by atoms with van der Waals surface area (Å²) in [7, 11) is 0. The Morgan fingerprint density at radius 1 is 1.47 bits per heavy atom. The molecule has 15 heavy (non-hydrogen) atoms. The van der Waals surface area contributed by atoms with Gasteiger partial charge in [0.2, 0.25) is 0 Å². The van der Waals surface area contributed by atoms with Crippen LogP contribution in [0.3, 0.4) is 0 Å². The summed E-state index contributed by atoms with van der Waals surface area (Å²) >= 11 is 0. The van der Waals surface area contributed by atoms with E-state index < -0.39 is 0 Å². The quantitative estimate of drug-likeness (QED) is 0.526. The zero-order valence-corrected chi connectivity index (χ0v) is 10.1. The van der Waals surface area contributed by atoms with E-state index in [9.17, 15) is 4.79 Å². The molecule has 0 spiro atoms. The van der Waals surface area contributed by atoms with Crippen LogP contribution in [0.4, 0.5) is 0 Å². The summed E-state index contributed by atoms with van der Waals surface area (Å²) in [5, 5.41) is 0. The molecule has 0 heterocycles. The second-order valence-electron chi connectivity index (χ2n) is 4.90. The highest BCUT2D eigenvalue weighted by Gasteiger charge is 2.34. The summed E-state index contributed by atoms with van der Waals surface area (Å²) in [5.41, 5.74) is 1.04. The predicted octanol–water partition coefficient (Wildman–Crippen LogP) is 3.46. The van der Waals surface area contributed by atoms with Gasteiger partial charge in [0.25, 0.3) is 0 Å². The van der Waals surface area contributed by atoms with Crippen molar-refractivity contribution in [2.75, 3.05) is 0 Å². The van der Waals surface area contributed by atoms with Crippen molar-refractivity contribution in [3.8, 4) is 0 Å². The molecule has 0 saturated heterocycles. The molecule has 0 bridgehead atoms. The third-order valence-corrected chi connectivity index (χ3v) is 3.39. The number of esters is 1. The minimum Gasteiger partial charge on any atom is -0.459 e. The van der Waals surface area contributed by atoms with Crippen molar-refractivity contribution in [3.63, 3.8) is 0 Å². The lowest BCUT2D eigenvalue weighted by Crippen LogP contribution is -2.36. The van der Waals surface area contributed by atoms with E-state index in [4.69, 9.17) is 4.74 Å². The van der Waals surface area contributed by atoms with Crippen molar-refractivity contribution in [1.29, 1.82) is 0 Å². The highest BCUT2D eigenvalue weighted by molar-refractivity contribution is 5.69. The molecular formula is C13H22O2. The van der Waals surface area contributed by atoms with Crippen LogP contribution >= 0.6 is 0 Å². The van der Waals surface area contributed by atoms with Crippen LogP contribution in [0.1, 0.15) is 52.9 Å². The summed E-state index contributed by atoms with van der Waals surface area (Å²) < 4.78 is 5.49. The van der Waals surface area contributed by atoms with Gasteiger partial charge in [-0.1, -0.05) is 19.1 Å². The molecule has 1 aliphatic carbocycles. The zero-order chi connectivity index (χ0) is 11.5. The SMILES string of the molecule is C=C(C)C1CCC(C)(OC(=O)CC)CC1. The van der Waals surface area contributed by atoms with Crippen molar-refractivity contribution < 1.29 is 9.53 Å². The maximum atomic E-state index is 11.3. The minimum absolute atomic E-state index is 0.0775. The van der Waals surface area contributed by atoms with E-state index in [-0.39, 0.29) is 11.6 Å². The lowest BCUT2D eigenvalue weighted by molar-refractivity contribution is -0.161. The summed E-state index contributed by atoms with van der Waals surface area (Å²) in [4.78, 5) is 11.3. The first-order chi connectivity index (χ1) is 6.97. The Labute approximate surface area is 92.7 Å². The molecule has 0 amide bonds. The fourth-order valence-electron chi connectivity index (χ4n) is 2.17. The average molecular weight is 210 g/mol. The van der Waals surface area contributed by atoms with E-state index in [2.05, 4.69) is 20.4 Å². The van der Waals surface area contributed by atoms with Crippen LogP contribution in [0.2, 0.25) is 0 Å². The number of ether oxygens (including phenoxy) is 1. The molecule has 2 nitrogen and oxygen atoms in total. The number of carbonyl (C=O) groups excluding carboxylic acids is 1. The smallest absolute Gasteiger partial charge is 0.306 e. The van der Waals surface area contributed by atoms with Crippen LogP contribution in [0.15, 0.2) is 12.2 Å². The number of allylic oxidation sites excluding steroid dienone is 1. The molecular weight excluding hydrogens is 188 g/mol. The molecule has 0 N–H and O–H groups in total. The van der Waals surface area contributed by atoms with E-state index in [1.807, 2.05) is 6.92 Å². The van der Waals surface area contributed by atoms with Crippen molar-refractivity contribution in [2.24, 2.45) is 5.92 Å². The number of hydrogen-bond donors (Lipinski definition) is 0. The lowest BCUT2D eigenvalue weighted by Gasteiger charge is -2.37. The Bertz CT molecular complexity index is 247. The summed E-state index contributed by atoms with van der Waals surface area (Å²) in [6.45, 7) is 9.97. The number of hydrogen-bond acceptors (Lipinski definition) is 2. The van der Waals surface area contributed by atoms with Crippen LogP contribution < -0.4 is 0 Å². The van der Waals surface area contributed by atoms with Crippen molar-refractivity contribution >= 4 is 5.97 Å². The monoisotopic (exact) mass is 210 g/mol. The molecule has 0 atom stereocenters. The van der Waals surface area contributed by atoms with E-state index in [0.717, 1.165) is 25.7 Å². The van der Waals surface area contributed by atoms with Crippen LogP contribution in [-0.2, 0) is 9.53 Å². The molecule has 0 unspecified atom stereocenters. The fourth-order valence-corrected chi connectivity index (χ4v) is 2.17. The second-order valence-corrected chi connectivity index (χ2v) is 4.90. The topological polar surface area (TPSA) is 26.3 Å². The summed E-state index contributed by atoms with van der Waals surface area (Å²) in [6, 6.07) is 0. The minimum atomic E-state index is -0.223. The summed E-state index contributed by atoms with van der Waals surface area (Å²) in [6.07, 6.45) is 4.61. The first-order valence-electron chi connectivity index (χ1n) is 5.84. The Morgan fingerprint density at radius 2 is 2.00 bits per heavy atom. The molecule has 0 radical (unpaired) electrons. The molecule has 1 rings (SSSR count). The number of carbonyl (C=O) groups is 1. The molecule has 86 valence electrons. The molecule has 1 aliphatic rings. The highest BCUT2D eigenvalue weighted by Crippen LogP contribution is 2.37. The van der Waals surface area contributed by atoms with Crippen LogP contribution in [0.5, 0.6) is 0 Å². The molecule has 0 aliphatic heterocycles. The predicted molar refractivity (Wildman–Crippen MR) is 61.6 cm³/mol. The van der Waals surface area contributed by atoms with Crippen LogP contribution in [0, 0.1) is 5.92 Å². The summed E-state index contributed by atoms with van der Waals surface area (Å²) in [5.74, 6) is 0.546. The lowest BCUT2D eigenvalue weighted by atomic mass is 9.77. The van der Waals surface area contributed by atoms with E-state index in [0.29, 0.717) is 12.3 Å². The second kappa shape index (κ2) is 4.82. The standard InChI is InChI=1S/C13H22O2/c1-5-12(14)15-13(4)8-6-11(7-9-13)10(2)3/h11H,2,5-9H2,1,3-4H3. The van der Waals surface area contributed by atoms with Gasteiger partial charge in [-0.15, -0.1) is 0 Å². The third kappa shape index (κ3) is 3.37. The van der Waals surface area contributed by atoms with Gasteiger partial charge in [0.05, 0.1) is 0 Å². The first-order valence-corrected chi connectivity index (χ1v) is 5.84. The fraction of sp³-hybridized carbons (Fsp3) is 0.769. The highest BCUT2D eigenvalue weighted by atomic mass is 16.6. The van der Waals surface area contributed by atoms with Crippen molar-refractivity contribution in [1.82, 2.24) is 0 Å². The van der Waals surface area contributed by atoms with Gasteiger partial charge in [0.1, 0.15) is 5.60 Å². The molecule has 0 aromatic heterocycles. The van der Waals surface area contributed by atoms with Crippen molar-refractivity contribution in [2.45, 2.75) is 58.5 Å². The van der Waals surface area contributed by atoms with Gasteiger partial charge in [-0.05, 0) is 45.4 Å². The normalized spacial score (nSPS) is 31.0. The van der Waals surface area contributed by atoms with E-state index in [1.165, 1.54) is 5.57 Å². The van der Waals surface area contributed by atoms with Crippen LogP contribution in [-0.4, -0.2) is 11.6 Å². The number of rotatable bonds is 3. The van der Waals surface area contributed by atoms with Gasteiger partial charge in [-0.25, -0.2) is 0 Å². The van der Waals surface area contributed by atoms with Gasteiger partial charge in [0, 0.05) is 6.42 Å². The first kappa shape index (κ1) is 12.3. The maximum Gasteiger partial charge on any atom is 0.306 e. The van der Waals surface area contributed by atoms with Gasteiger partial charge in [-0.2, -0.15) is 0 Å². The van der Waals surface area contributed by atoms with Crippen molar-refractivity contribution in [3.05, 3.63) is 12.2 Å². The third-order valence-electron chi connectivity index (χ3n) is 3.39.